The van der Waals surface area contributed by atoms with Gasteiger partial charge in [0.25, 0.3) is 0 Å². The highest BCUT2D eigenvalue weighted by Gasteiger charge is 2.16. The van der Waals surface area contributed by atoms with Gasteiger partial charge in [-0.1, -0.05) is 18.2 Å². The van der Waals surface area contributed by atoms with Crippen molar-refractivity contribution in [3.63, 3.8) is 0 Å². The van der Waals surface area contributed by atoms with Crippen molar-refractivity contribution in [1.29, 1.82) is 0 Å². The van der Waals surface area contributed by atoms with Crippen molar-refractivity contribution >= 4 is 0 Å². The van der Waals surface area contributed by atoms with E-state index in [1.54, 1.807) is 19.1 Å². The fourth-order valence-electron chi connectivity index (χ4n) is 2.00. The van der Waals surface area contributed by atoms with E-state index in [-0.39, 0.29) is 5.82 Å². The number of rotatable bonds is 2. The molecule has 1 aliphatic carbocycles. The van der Waals surface area contributed by atoms with Gasteiger partial charge in [-0.2, -0.15) is 0 Å². The average molecular weight is 206 g/mol. The Labute approximate surface area is 89.3 Å². The van der Waals surface area contributed by atoms with Crippen molar-refractivity contribution in [3.05, 3.63) is 46.8 Å². The number of aliphatic hydroxyl groups excluding tert-OH is 1. The van der Waals surface area contributed by atoms with E-state index < -0.39 is 6.10 Å². The molecule has 0 spiro atoms. The maximum Gasteiger partial charge on any atom is 0.126 e. The lowest BCUT2D eigenvalue weighted by Gasteiger charge is -2.13. The number of aryl methyl sites for hydroxylation is 1. The Morgan fingerprint density at radius 1 is 1.40 bits per heavy atom. The third-order valence-electron chi connectivity index (χ3n) is 2.93. The second kappa shape index (κ2) is 4.15. The average Bonchev–Trinajstić information content (AvgIpc) is 2.74. The molecule has 0 saturated heterocycles. The molecule has 0 radical (unpaired) electrons. The largest absolute Gasteiger partial charge is 0.384 e. The quantitative estimate of drug-likeness (QED) is 0.736. The Balaban J connectivity index is 2.25. The summed E-state index contributed by atoms with van der Waals surface area (Å²) < 4.78 is 13.0. The first-order valence-electron chi connectivity index (χ1n) is 5.31. The molecule has 0 fully saturated rings. The lowest BCUT2D eigenvalue weighted by molar-refractivity contribution is 0.212. The van der Waals surface area contributed by atoms with Crippen LogP contribution in [-0.4, -0.2) is 5.11 Å². The molecule has 1 aromatic carbocycles. The van der Waals surface area contributed by atoms with E-state index in [0.29, 0.717) is 5.56 Å². The minimum Gasteiger partial charge on any atom is -0.384 e. The van der Waals surface area contributed by atoms with Crippen LogP contribution < -0.4 is 0 Å². The zero-order chi connectivity index (χ0) is 10.8. The van der Waals surface area contributed by atoms with Crippen LogP contribution in [0.15, 0.2) is 29.8 Å². The summed E-state index contributed by atoms with van der Waals surface area (Å²) in [5.74, 6) is -0.216. The highest BCUT2D eigenvalue weighted by atomic mass is 19.1. The normalized spacial score (nSPS) is 17.7. The van der Waals surface area contributed by atoms with Gasteiger partial charge in [-0.05, 0) is 49.0 Å². The molecule has 0 saturated carbocycles. The minimum absolute atomic E-state index is 0.216. The molecule has 0 heterocycles. The molecule has 80 valence electrons. The Hall–Kier alpha value is -1.15. The van der Waals surface area contributed by atoms with E-state index >= 15 is 0 Å². The zero-order valence-electron chi connectivity index (χ0n) is 8.83. The molecule has 0 aromatic heterocycles. The molecule has 0 aliphatic heterocycles. The van der Waals surface area contributed by atoms with Crippen LogP contribution in [0.5, 0.6) is 0 Å². The maximum absolute atomic E-state index is 13.0. The van der Waals surface area contributed by atoms with E-state index in [1.807, 2.05) is 0 Å². The molecule has 1 aromatic rings. The third kappa shape index (κ3) is 2.10. The fraction of sp³-hybridized carbons (Fsp3) is 0.385. The summed E-state index contributed by atoms with van der Waals surface area (Å²) in [7, 11) is 0. The molecule has 2 rings (SSSR count). The number of hydrogen-bond donors (Lipinski definition) is 1. The second-order valence-electron chi connectivity index (χ2n) is 4.08. The van der Waals surface area contributed by atoms with Crippen molar-refractivity contribution in [2.45, 2.75) is 32.3 Å². The van der Waals surface area contributed by atoms with Crippen LogP contribution in [0.4, 0.5) is 4.39 Å². The Morgan fingerprint density at radius 3 is 2.80 bits per heavy atom. The molecule has 2 heteroatoms. The molecule has 1 atom stereocenters. The van der Waals surface area contributed by atoms with Crippen LogP contribution in [0.25, 0.3) is 0 Å². The SMILES string of the molecule is Cc1cc(C(O)C2=CCCC2)ccc1F. The van der Waals surface area contributed by atoms with Crippen molar-refractivity contribution < 1.29 is 9.50 Å². The van der Waals surface area contributed by atoms with E-state index in [0.717, 1.165) is 30.4 Å². The van der Waals surface area contributed by atoms with Crippen LogP contribution >= 0.6 is 0 Å². The first-order chi connectivity index (χ1) is 7.18. The molecule has 1 N–H and O–H groups in total. The number of aliphatic hydroxyl groups is 1. The lowest BCUT2D eigenvalue weighted by Crippen LogP contribution is -2.00. The van der Waals surface area contributed by atoms with E-state index in [1.165, 1.54) is 6.07 Å². The predicted molar refractivity (Wildman–Crippen MR) is 58.0 cm³/mol. The molecular formula is C13H15FO. The Kier molecular flexibility index (Phi) is 2.87. The van der Waals surface area contributed by atoms with Gasteiger partial charge >= 0.3 is 0 Å². The molecule has 1 nitrogen and oxygen atoms in total. The second-order valence-corrected chi connectivity index (χ2v) is 4.08. The first kappa shape index (κ1) is 10.4. The van der Waals surface area contributed by atoms with Crippen molar-refractivity contribution in [2.24, 2.45) is 0 Å². The Morgan fingerprint density at radius 2 is 2.20 bits per heavy atom. The van der Waals surface area contributed by atoms with E-state index in [9.17, 15) is 9.50 Å². The number of hydrogen-bond acceptors (Lipinski definition) is 1. The van der Waals surface area contributed by atoms with E-state index in [4.69, 9.17) is 0 Å². The van der Waals surface area contributed by atoms with Gasteiger partial charge in [0.2, 0.25) is 0 Å². The molecule has 1 aliphatic rings. The lowest BCUT2D eigenvalue weighted by atomic mass is 9.99. The van der Waals surface area contributed by atoms with Gasteiger partial charge in [0.15, 0.2) is 0 Å². The number of benzene rings is 1. The summed E-state index contributed by atoms with van der Waals surface area (Å²) in [4.78, 5) is 0. The Bertz CT molecular complexity index is 396. The summed E-state index contributed by atoms with van der Waals surface area (Å²) in [6, 6.07) is 4.80. The van der Waals surface area contributed by atoms with Crippen molar-refractivity contribution in [3.8, 4) is 0 Å². The summed E-state index contributed by atoms with van der Waals surface area (Å²) in [5.41, 5.74) is 2.45. The van der Waals surface area contributed by atoms with Crippen LogP contribution in [0, 0.1) is 12.7 Å². The van der Waals surface area contributed by atoms with Crippen LogP contribution in [0.2, 0.25) is 0 Å². The third-order valence-corrected chi connectivity index (χ3v) is 2.93. The smallest absolute Gasteiger partial charge is 0.126 e. The molecule has 0 bridgehead atoms. The molecule has 15 heavy (non-hydrogen) atoms. The first-order valence-corrected chi connectivity index (χ1v) is 5.31. The number of allylic oxidation sites excluding steroid dienone is 1. The summed E-state index contributed by atoms with van der Waals surface area (Å²) in [5, 5.41) is 10.0. The van der Waals surface area contributed by atoms with Gasteiger partial charge in [-0.15, -0.1) is 0 Å². The van der Waals surface area contributed by atoms with Gasteiger partial charge in [-0.25, -0.2) is 4.39 Å². The van der Waals surface area contributed by atoms with Gasteiger partial charge < -0.3 is 5.11 Å². The van der Waals surface area contributed by atoms with Crippen LogP contribution in [-0.2, 0) is 0 Å². The summed E-state index contributed by atoms with van der Waals surface area (Å²) in [6.07, 6.45) is 4.66. The van der Waals surface area contributed by atoms with Crippen LogP contribution in [0.3, 0.4) is 0 Å². The van der Waals surface area contributed by atoms with Gasteiger partial charge in [0, 0.05) is 0 Å². The monoisotopic (exact) mass is 206 g/mol. The van der Waals surface area contributed by atoms with Crippen molar-refractivity contribution in [1.82, 2.24) is 0 Å². The standard InChI is InChI=1S/C13H15FO/c1-9-8-11(6-7-12(9)14)13(15)10-4-2-3-5-10/h4,6-8,13,15H,2-3,5H2,1H3. The number of halogens is 1. The van der Waals surface area contributed by atoms with Crippen molar-refractivity contribution in [2.75, 3.05) is 0 Å². The van der Waals surface area contributed by atoms with Gasteiger partial charge in [0.05, 0.1) is 0 Å². The topological polar surface area (TPSA) is 20.2 Å². The molecule has 1 unspecified atom stereocenters. The van der Waals surface area contributed by atoms with Gasteiger partial charge in [-0.3, -0.25) is 0 Å². The molecular weight excluding hydrogens is 191 g/mol. The predicted octanol–water partition coefficient (Wildman–Crippen LogP) is 3.28. The summed E-state index contributed by atoms with van der Waals surface area (Å²) >= 11 is 0. The highest BCUT2D eigenvalue weighted by molar-refractivity contribution is 5.31. The maximum atomic E-state index is 13.0. The zero-order valence-corrected chi connectivity index (χ0v) is 8.83. The van der Waals surface area contributed by atoms with Crippen LogP contribution in [0.1, 0.15) is 36.5 Å². The molecule has 0 amide bonds. The minimum atomic E-state index is -0.549. The highest BCUT2D eigenvalue weighted by Crippen LogP contribution is 2.30. The fourth-order valence-corrected chi connectivity index (χ4v) is 2.00. The van der Waals surface area contributed by atoms with Gasteiger partial charge in [0.1, 0.15) is 11.9 Å². The summed E-state index contributed by atoms with van der Waals surface area (Å²) in [6.45, 7) is 1.72. The van der Waals surface area contributed by atoms with E-state index in [2.05, 4.69) is 6.08 Å².